The second kappa shape index (κ2) is 5.87. The van der Waals surface area contributed by atoms with E-state index in [0.717, 1.165) is 24.3 Å². The van der Waals surface area contributed by atoms with E-state index in [9.17, 15) is 17.7 Å². The third kappa shape index (κ3) is 2.94. The average molecular weight is 282 g/mol. The van der Waals surface area contributed by atoms with Crippen molar-refractivity contribution in [1.29, 1.82) is 0 Å². The Morgan fingerprint density at radius 3 is 1.94 bits per heavy atom. The monoisotopic (exact) mass is 282 g/mol. The van der Waals surface area contributed by atoms with Crippen molar-refractivity contribution in [3.8, 4) is 0 Å². The van der Waals surface area contributed by atoms with E-state index in [-0.39, 0.29) is 13.2 Å². The Hall–Kier alpha value is -0.840. The molecule has 102 valence electrons. The topological polar surface area (TPSA) is 35.5 Å². The Morgan fingerprint density at radius 2 is 1.56 bits per heavy atom. The Balaban J connectivity index is 3.15. The predicted molar refractivity (Wildman–Crippen MR) is 61.2 cm³/mol. The summed E-state index contributed by atoms with van der Waals surface area (Å²) in [5.74, 6) is -0.655. The van der Waals surface area contributed by atoms with Crippen molar-refractivity contribution in [1.82, 2.24) is 0 Å². The molecule has 18 heavy (non-hydrogen) atoms. The Labute approximate surface area is 103 Å². The maximum absolute atomic E-state index is 14.1. The Morgan fingerprint density at radius 1 is 1.11 bits per heavy atom. The van der Waals surface area contributed by atoms with Crippen LogP contribution in [-0.2, 0) is 19.3 Å². The van der Waals surface area contributed by atoms with Crippen LogP contribution in [0.3, 0.4) is 0 Å². The molecule has 3 nitrogen and oxygen atoms in total. The van der Waals surface area contributed by atoms with Gasteiger partial charge in [-0.05, 0) is 38.1 Å². The molecule has 0 N–H and O–H groups in total. The van der Waals surface area contributed by atoms with Crippen LogP contribution >= 0.6 is 7.60 Å². The standard InChI is InChI=1S/C11H14F3O3P/c1-3-16-18(15,17-4-2)11(13,14)9-5-7-10(12)8-6-9/h5-8H,3-4H2,1-2H3. The zero-order chi connectivity index (χ0) is 13.8. The molecule has 1 rings (SSSR count). The minimum absolute atomic E-state index is 0.173. The summed E-state index contributed by atoms with van der Waals surface area (Å²) in [6.07, 6.45) is 0. The third-order valence-electron chi connectivity index (χ3n) is 2.13. The number of benzene rings is 1. The van der Waals surface area contributed by atoms with Crippen LogP contribution in [0.5, 0.6) is 0 Å². The van der Waals surface area contributed by atoms with Crippen LogP contribution in [0.15, 0.2) is 24.3 Å². The van der Waals surface area contributed by atoms with Crippen molar-refractivity contribution in [2.24, 2.45) is 0 Å². The van der Waals surface area contributed by atoms with E-state index in [1.807, 2.05) is 0 Å². The summed E-state index contributed by atoms with van der Waals surface area (Å²) in [5, 5.41) is 0. The van der Waals surface area contributed by atoms with Crippen LogP contribution in [0.25, 0.3) is 0 Å². The highest BCUT2D eigenvalue weighted by Gasteiger charge is 2.54. The molecule has 0 unspecified atom stereocenters. The highest BCUT2D eigenvalue weighted by molar-refractivity contribution is 7.54. The smallest absolute Gasteiger partial charge is 0.304 e. The summed E-state index contributed by atoms with van der Waals surface area (Å²) in [7, 11) is -4.62. The molecule has 0 amide bonds. The molecule has 0 saturated heterocycles. The molecule has 0 bridgehead atoms. The first-order valence-electron chi connectivity index (χ1n) is 5.40. The molecule has 0 radical (unpaired) electrons. The van der Waals surface area contributed by atoms with Crippen LogP contribution in [0, 0.1) is 5.82 Å². The van der Waals surface area contributed by atoms with Gasteiger partial charge >= 0.3 is 13.3 Å². The maximum Gasteiger partial charge on any atom is 0.404 e. The van der Waals surface area contributed by atoms with Crippen molar-refractivity contribution in [3.05, 3.63) is 35.6 Å². The zero-order valence-corrected chi connectivity index (χ0v) is 10.9. The normalized spacial score (nSPS) is 12.7. The number of alkyl halides is 2. The molecule has 7 heteroatoms. The van der Waals surface area contributed by atoms with Crippen molar-refractivity contribution >= 4 is 7.60 Å². The second-order valence-electron chi connectivity index (χ2n) is 3.38. The molecule has 0 aliphatic rings. The molecule has 0 spiro atoms. The minimum Gasteiger partial charge on any atom is -0.304 e. The molecule has 0 aliphatic heterocycles. The van der Waals surface area contributed by atoms with E-state index in [1.165, 1.54) is 13.8 Å². The molecule has 0 saturated carbocycles. The molecule has 0 fully saturated rings. The van der Waals surface area contributed by atoms with Gasteiger partial charge in [0.25, 0.3) is 0 Å². The van der Waals surface area contributed by atoms with Gasteiger partial charge in [0.2, 0.25) is 0 Å². The lowest BCUT2D eigenvalue weighted by atomic mass is 10.2. The van der Waals surface area contributed by atoms with Crippen LogP contribution in [-0.4, -0.2) is 13.2 Å². The van der Waals surface area contributed by atoms with Crippen LogP contribution < -0.4 is 0 Å². The largest absolute Gasteiger partial charge is 0.404 e. The van der Waals surface area contributed by atoms with Crippen LogP contribution in [0.4, 0.5) is 13.2 Å². The summed E-state index contributed by atoms with van der Waals surface area (Å²) >= 11 is 0. The molecular formula is C11H14F3O3P. The molecule has 0 aliphatic carbocycles. The van der Waals surface area contributed by atoms with Crippen molar-refractivity contribution in [3.63, 3.8) is 0 Å². The fraction of sp³-hybridized carbons (Fsp3) is 0.455. The third-order valence-corrected chi connectivity index (χ3v) is 4.28. The summed E-state index contributed by atoms with van der Waals surface area (Å²) in [6, 6.07) is 3.46. The Bertz CT molecular complexity index is 424. The summed E-state index contributed by atoms with van der Waals surface area (Å²) in [5.41, 5.74) is -4.42. The van der Waals surface area contributed by atoms with Gasteiger partial charge in [0.15, 0.2) is 0 Å². The van der Waals surface area contributed by atoms with Gasteiger partial charge in [-0.1, -0.05) is 0 Å². The fourth-order valence-corrected chi connectivity index (χ4v) is 2.89. The highest BCUT2D eigenvalue weighted by atomic mass is 31.2. The van der Waals surface area contributed by atoms with Crippen molar-refractivity contribution < 1.29 is 26.8 Å². The van der Waals surface area contributed by atoms with E-state index < -0.39 is 24.6 Å². The first-order chi connectivity index (χ1) is 8.37. The number of rotatable bonds is 6. The van der Waals surface area contributed by atoms with E-state index in [0.29, 0.717) is 0 Å². The zero-order valence-electron chi connectivity index (χ0n) is 10.0. The van der Waals surface area contributed by atoms with Gasteiger partial charge in [-0.15, -0.1) is 0 Å². The average Bonchev–Trinajstić information content (AvgIpc) is 2.30. The van der Waals surface area contributed by atoms with E-state index in [4.69, 9.17) is 0 Å². The summed E-state index contributed by atoms with van der Waals surface area (Å²) in [4.78, 5) is 0. The van der Waals surface area contributed by atoms with Gasteiger partial charge < -0.3 is 9.05 Å². The number of hydrogen-bond donors (Lipinski definition) is 0. The number of hydrogen-bond acceptors (Lipinski definition) is 3. The first kappa shape index (κ1) is 15.2. The molecule has 1 aromatic rings. The molecule has 1 aromatic carbocycles. The van der Waals surface area contributed by atoms with Crippen molar-refractivity contribution in [2.45, 2.75) is 19.5 Å². The first-order valence-corrected chi connectivity index (χ1v) is 6.94. The molecular weight excluding hydrogens is 268 g/mol. The van der Waals surface area contributed by atoms with Gasteiger partial charge in [0.1, 0.15) is 5.82 Å². The number of halogens is 3. The van der Waals surface area contributed by atoms with Gasteiger partial charge in [0.05, 0.1) is 13.2 Å². The van der Waals surface area contributed by atoms with E-state index >= 15 is 0 Å². The lowest BCUT2D eigenvalue weighted by Gasteiger charge is -2.25. The second-order valence-corrected chi connectivity index (χ2v) is 5.45. The predicted octanol–water partition coefficient (Wildman–Crippen LogP) is 4.14. The molecule has 0 heterocycles. The SMILES string of the molecule is CCOP(=O)(OCC)C(F)(F)c1ccc(F)cc1. The lowest BCUT2D eigenvalue weighted by Crippen LogP contribution is -2.18. The van der Waals surface area contributed by atoms with Crippen LogP contribution in [0.2, 0.25) is 0 Å². The highest BCUT2D eigenvalue weighted by Crippen LogP contribution is 2.66. The fourth-order valence-electron chi connectivity index (χ4n) is 1.35. The van der Waals surface area contributed by atoms with Crippen LogP contribution in [0.1, 0.15) is 19.4 Å². The molecule has 0 aromatic heterocycles. The summed E-state index contributed by atoms with van der Waals surface area (Å²) < 4.78 is 62.1. The van der Waals surface area contributed by atoms with Gasteiger partial charge in [-0.2, -0.15) is 8.78 Å². The van der Waals surface area contributed by atoms with Gasteiger partial charge in [-0.25, -0.2) is 4.39 Å². The Kier molecular flexibility index (Phi) is 4.96. The van der Waals surface area contributed by atoms with E-state index in [2.05, 4.69) is 9.05 Å². The van der Waals surface area contributed by atoms with Crippen molar-refractivity contribution in [2.75, 3.05) is 13.2 Å². The minimum atomic E-state index is -4.62. The molecule has 0 atom stereocenters. The lowest BCUT2D eigenvalue weighted by molar-refractivity contribution is 0.0360. The van der Waals surface area contributed by atoms with E-state index in [1.54, 1.807) is 0 Å². The quantitative estimate of drug-likeness (QED) is 0.735. The van der Waals surface area contributed by atoms with Gasteiger partial charge in [0, 0.05) is 5.56 Å². The van der Waals surface area contributed by atoms with Gasteiger partial charge in [-0.3, -0.25) is 4.57 Å². The maximum atomic E-state index is 14.1. The summed E-state index contributed by atoms with van der Waals surface area (Å²) in [6.45, 7) is 2.53.